The third kappa shape index (κ3) is 5.10. The third-order valence-corrected chi connectivity index (χ3v) is 5.22. The molecule has 0 unspecified atom stereocenters. The van der Waals surface area contributed by atoms with Gasteiger partial charge in [0.15, 0.2) is 17.6 Å². The molecule has 0 aliphatic carbocycles. The minimum absolute atomic E-state index is 0.160. The van der Waals surface area contributed by atoms with Gasteiger partial charge in [0.05, 0.1) is 20.3 Å². The minimum atomic E-state index is -0.644. The molecule has 0 spiro atoms. The second-order valence-corrected chi connectivity index (χ2v) is 7.09. The summed E-state index contributed by atoms with van der Waals surface area (Å²) in [7, 11) is 3.18. The molecule has 2 atom stereocenters. The van der Waals surface area contributed by atoms with Gasteiger partial charge >= 0.3 is 0 Å². The average molecular weight is 406 g/mol. The van der Waals surface area contributed by atoms with Gasteiger partial charge in [-0.05, 0) is 68.1 Å². The quantitative estimate of drug-likeness (QED) is 0.670. The number of methoxy groups -OCH3 is 2. The van der Waals surface area contributed by atoms with Crippen LogP contribution in [0.1, 0.15) is 43.0 Å². The fraction of sp³-hybridized carbons (Fsp3) is 0.409. The van der Waals surface area contributed by atoms with Gasteiger partial charge in [0.25, 0.3) is 5.91 Å². The summed E-state index contributed by atoms with van der Waals surface area (Å²) in [5, 5.41) is 3.76. The summed E-state index contributed by atoms with van der Waals surface area (Å²) < 4.78 is 16.5. The van der Waals surface area contributed by atoms with E-state index in [1.54, 1.807) is 21.1 Å². The van der Waals surface area contributed by atoms with E-state index in [9.17, 15) is 4.79 Å². The highest BCUT2D eigenvalue weighted by Gasteiger charge is 2.21. The fourth-order valence-corrected chi connectivity index (χ4v) is 3.12. The largest absolute Gasteiger partial charge is 0.493 e. The molecule has 2 rings (SSSR count). The molecule has 0 fully saturated rings. The molecule has 0 saturated carbocycles. The average Bonchev–Trinajstić information content (AvgIpc) is 2.69. The number of amides is 1. The van der Waals surface area contributed by atoms with Crippen LogP contribution in [0.15, 0.2) is 30.3 Å². The summed E-state index contributed by atoms with van der Waals surface area (Å²) in [6, 6.07) is 9.15. The number of halogens is 1. The van der Waals surface area contributed by atoms with Gasteiger partial charge in [-0.2, -0.15) is 0 Å². The van der Waals surface area contributed by atoms with Crippen LogP contribution in [0.5, 0.6) is 17.2 Å². The Labute approximate surface area is 171 Å². The Bertz CT molecular complexity index is 814. The highest BCUT2D eigenvalue weighted by molar-refractivity contribution is 6.32. The molecule has 0 radical (unpaired) electrons. The van der Waals surface area contributed by atoms with Gasteiger partial charge in [0.1, 0.15) is 5.75 Å². The molecule has 5 nitrogen and oxygen atoms in total. The summed E-state index contributed by atoms with van der Waals surface area (Å²) in [6.45, 7) is 7.57. The molecule has 6 heteroatoms. The van der Waals surface area contributed by atoms with Crippen molar-refractivity contribution in [2.24, 2.45) is 0 Å². The molecule has 1 amide bonds. The van der Waals surface area contributed by atoms with Crippen molar-refractivity contribution < 1.29 is 19.0 Å². The molecule has 0 aliphatic rings. The van der Waals surface area contributed by atoms with E-state index in [-0.39, 0.29) is 11.9 Å². The lowest BCUT2D eigenvalue weighted by Gasteiger charge is -2.22. The first-order chi connectivity index (χ1) is 13.3. The van der Waals surface area contributed by atoms with Crippen LogP contribution >= 0.6 is 11.6 Å². The standard InChI is InChI=1S/C22H28ClNO4/c1-7-18(16-8-9-19(26-5)20(12-16)27-6)24-22(25)15(4)28-17-10-13(2)21(23)14(3)11-17/h8-12,15,18H,7H2,1-6H3,(H,24,25)/t15-,18-/m0/s1. The maximum absolute atomic E-state index is 12.7. The van der Waals surface area contributed by atoms with Crippen molar-refractivity contribution in [1.82, 2.24) is 5.32 Å². The van der Waals surface area contributed by atoms with Crippen LogP contribution in [-0.2, 0) is 4.79 Å². The Morgan fingerprint density at radius 2 is 1.68 bits per heavy atom. The first kappa shape index (κ1) is 21.9. The normalized spacial score (nSPS) is 12.8. The molecule has 0 aliphatic heterocycles. The number of carbonyl (C=O) groups is 1. The Hall–Kier alpha value is -2.40. The van der Waals surface area contributed by atoms with Crippen LogP contribution in [0.25, 0.3) is 0 Å². The van der Waals surface area contributed by atoms with E-state index >= 15 is 0 Å². The highest BCUT2D eigenvalue weighted by atomic mass is 35.5. The molecule has 0 aromatic heterocycles. The summed E-state index contributed by atoms with van der Waals surface area (Å²) in [4.78, 5) is 12.7. The number of hydrogen-bond acceptors (Lipinski definition) is 4. The van der Waals surface area contributed by atoms with Crippen LogP contribution in [0.2, 0.25) is 5.02 Å². The van der Waals surface area contributed by atoms with E-state index < -0.39 is 6.10 Å². The van der Waals surface area contributed by atoms with E-state index in [2.05, 4.69) is 5.32 Å². The zero-order valence-corrected chi connectivity index (χ0v) is 18.0. The first-order valence-corrected chi connectivity index (χ1v) is 9.64. The topological polar surface area (TPSA) is 56.8 Å². The Balaban J connectivity index is 2.11. The summed E-state index contributed by atoms with van der Waals surface area (Å²) in [5.41, 5.74) is 2.78. The molecule has 28 heavy (non-hydrogen) atoms. The Kier molecular flexibility index (Phi) is 7.58. The van der Waals surface area contributed by atoms with Crippen molar-refractivity contribution in [3.63, 3.8) is 0 Å². The van der Waals surface area contributed by atoms with Crippen molar-refractivity contribution in [1.29, 1.82) is 0 Å². The van der Waals surface area contributed by atoms with E-state index in [4.69, 9.17) is 25.8 Å². The molecular weight excluding hydrogens is 378 g/mol. The lowest BCUT2D eigenvalue weighted by atomic mass is 10.0. The van der Waals surface area contributed by atoms with Gasteiger partial charge in [0, 0.05) is 5.02 Å². The van der Waals surface area contributed by atoms with Gasteiger partial charge in [-0.1, -0.05) is 24.6 Å². The van der Waals surface area contributed by atoms with E-state index in [1.165, 1.54) is 0 Å². The van der Waals surface area contributed by atoms with Gasteiger partial charge in [-0.25, -0.2) is 0 Å². The lowest BCUT2D eigenvalue weighted by Crippen LogP contribution is -2.38. The number of aryl methyl sites for hydroxylation is 2. The molecule has 2 aromatic rings. The van der Waals surface area contributed by atoms with Crippen LogP contribution < -0.4 is 19.5 Å². The van der Waals surface area contributed by atoms with Crippen LogP contribution in [0, 0.1) is 13.8 Å². The number of nitrogens with one attached hydrogen (secondary N) is 1. The van der Waals surface area contributed by atoms with Gasteiger partial charge in [0.2, 0.25) is 0 Å². The van der Waals surface area contributed by atoms with Crippen LogP contribution in [0.4, 0.5) is 0 Å². The predicted molar refractivity (Wildman–Crippen MR) is 112 cm³/mol. The Morgan fingerprint density at radius 1 is 1.07 bits per heavy atom. The summed E-state index contributed by atoms with van der Waals surface area (Å²) in [5.74, 6) is 1.72. The maximum atomic E-state index is 12.7. The highest BCUT2D eigenvalue weighted by Crippen LogP contribution is 2.31. The fourth-order valence-electron chi connectivity index (χ4n) is 3.01. The smallest absolute Gasteiger partial charge is 0.261 e. The van der Waals surface area contributed by atoms with Crippen LogP contribution in [0.3, 0.4) is 0 Å². The number of hydrogen-bond donors (Lipinski definition) is 1. The monoisotopic (exact) mass is 405 g/mol. The number of benzene rings is 2. The van der Waals surface area contributed by atoms with E-state index in [1.807, 2.05) is 51.1 Å². The molecule has 0 bridgehead atoms. The number of ether oxygens (including phenoxy) is 3. The van der Waals surface area contributed by atoms with Crippen LogP contribution in [-0.4, -0.2) is 26.2 Å². The van der Waals surface area contributed by atoms with E-state index in [0.29, 0.717) is 22.3 Å². The number of carbonyl (C=O) groups excluding carboxylic acids is 1. The van der Waals surface area contributed by atoms with Crippen molar-refractivity contribution in [2.45, 2.75) is 46.3 Å². The van der Waals surface area contributed by atoms with Gasteiger partial charge < -0.3 is 19.5 Å². The maximum Gasteiger partial charge on any atom is 0.261 e. The Morgan fingerprint density at radius 3 is 2.21 bits per heavy atom. The zero-order chi connectivity index (χ0) is 20.8. The van der Waals surface area contributed by atoms with Crippen molar-refractivity contribution in [2.75, 3.05) is 14.2 Å². The van der Waals surface area contributed by atoms with Crippen molar-refractivity contribution >= 4 is 17.5 Å². The summed E-state index contributed by atoms with van der Waals surface area (Å²) >= 11 is 6.20. The summed E-state index contributed by atoms with van der Waals surface area (Å²) in [6.07, 6.45) is 0.0850. The van der Waals surface area contributed by atoms with Gasteiger partial charge in [-0.15, -0.1) is 0 Å². The molecule has 1 N–H and O–H groups in total. The molecule has 0 saturated heterocycles. The third-order valence-electron chi connectivity index (χ3n) is 4.63. The molecule has 2 aromatic carbocycles. The lowest BCUT2D eigenvalue weighted by molar-refractivity contribution is -0.128. The SMILES string of the molecule is CC[C@H](NC(=O)[C@H](C)Oc1cc(C)c(Cl)c(C)c1)c1ccc(OC)c(OC)c1. The zero-order valence-electron chi connectivity index (χ0n) is 17.3. The van der Waals surface area contributed by atoms with Crippen molar-refractivity contribution in [3.05, 3.63) is 52.0 Å². The second kappa shape index (κ2) is 9.69. The van der Waals surface area contributed by atoms with E-state index in [0.717, 1.165) is 23.1 Å². The molecular formula is C22H28ClNO4. The van der Waals surface area contributed by atoms with Crippen molar-refractivity contribution in [3.8, 4) is 17.2 Å². The molecule has 152 valence electrons. The molecule has 0 heterocycles. The predicted octanol–water partition coefficient (Wildman–Crippen LogP) is 5.01. The number of rotatable bonds is 8. The minimum Gasteiger partial charge on any atom is -0.493 e. The van der Waals surface area contributed by atoms with Gasteiger partial charge in [-0.3, -0.25) is 4.79 Å². The first-order valence-electron chi connectivity index (χ1n) is 9.26. The second-order valence-electron chi connectivity index (χ2n) is 6.71.